The van der Waals surface area contributed by atoms with Gasteiger partial charge >= 0.3 is 0 Å². The summed E-state index contributed by atoms with van der Waals surface area (Å²) in [6, 6.07) is 14.4. The summed E-state index contributed by atoms with van der Waals surface area (Å²) in [7, 11) is 0. The number of aliphatic hydroxyl groups is 1. The molecular weight excluding hydrogens is 316 g/mol. The van der Waals surface area contributed by atoms with Gasteiger partial charge in [0.25, 0.3) is 0 Å². The fraction of sp³-hybridized carbons (Fsp3) is 0.455. The van der Waals surface area contributed by atoms with Gasteiger partial charge in [0, 0.05) is 5.02 Å². The molecule has 1 N–H and O–H groups in total. The first-order valence-electron chi connectivity index (χ1n) is 8.80. The van der Waals surface area contributed by atoms with Crippen LogP contribution in [0.2, 0.25) is 5.02 Å². The number of hydrogen-bond acceptors (Lipinski definition) is 1. The molecule has 2 aromatic rings. The first-order chi connectivity index (χ1) is 11.2. The fourth-order valence-electron chi connectivity index (χ4n) is 3.18. The van der Waals surface area contributed by atoms with Crippen molar-refractivity contribution >= 4 is 11.6 Å². The molecule has 0 saturated heterocycles. The first kappa shape index (κ1) is 19.0. The Morgan fingerprint density at radius 2 is 1.67 bits per heavy atom. The molecule has 2 unspecified atom stereocenters. The zero-order valence-electron chi connectivity index (χ0n) is 15.4. The molecule has 0 heterocycles. The first-order valence-corrected chi connectivity index (χ1v) is 9.18. The lowest BCUT2D eigenvalue weighted by molar-refractivity contribution is 0.0439. The van der Waals surface area contributed by atoms with E-state index in [2.05, 4.69) is 58.0 Å². The Morgan fingerprint density at radius 3 is 2.25 bits per heavy atom. The van der Waals surface area contributed by atoms with Gasteiger partial charge < -0.3 is 5.11 Å². The van der Waals surface area contributed by atoms with Gasteiger partial charge in [-0.15, -0.1) is 0 Å². The summed E-state index contributed by atoms with van der Waals surface area (Å²) in [6.45, 7) is 10.5. The second kappa shape index (κ2) is 7.72. The van der Waals surface area contributed by atoms with Crippen LogP contribution < -0.4 is 0 Å². The quantitative estimate of drug-likeness (QED) is 0.628. The van der Waals surface area contributed by atoms with Crippen molar-refractivity contribution in [2.45, 2.75) is 64.9 Å². The topological polar surface area (TPSA) is 20.2 Å². The maximum absolute atomic E-state index is 10.9. The maximum Gasteiger partial charge on any atom is 0.0868 e. The lowest BCUT2D eigenvalue weighted by Crippen LogP contribution is -2.22. The zero-order valence-corrected chi connectivity index (χ0v) is 16.2. The Morgan fingerprint density at radius 1 is 1.04 bits per heavy atom. The van der Waals surface area contributed by atoms with Gasteiger partial charge in [-0.1, -0.05) is 68.8 Å². The molecule has 1 nitrogen and oxygen atoms in total. The summed E-state index contributed by atoms with van der Waals surface area (Å²) >= 11 is 6.23. The van der Waals surface area contributed by atoms with Gasteiger partial charge in [-0.3, -0.25) is 0 Å². The van der Waals surface area contributed by atoms with Crippen LogP contribution in [0.15, 0.2) is 42.5 Å². The molecule has 0 aliphatic rings. The summed E-state index contributed by atoms with van der Waals surface area (Å²) in [5.74, 6) is 0.875. The van der Waals surface area contributed by atoms with E-state index in [1.165, 1.54) is 11.1 Å². The lowest BCUT2D eigenvalue weighted by Gasteiger charge is -2.26. The van der Waals surface area contributed by atoms with Crippen LogP contribution in [-0.2, 0) is 5.60 Å². The van der Waals surface area contributed by atoms with Crippen molar-refractivity contribution < 1.29 is 5.11 Å². The van der Waals surface area contributed by atoms with E-state index in [4.69, 9.17) is 11.6 Å². The van der Waals surface area contributed by atoms with E-state index >= 15 is 0 Å². The Bertz CT molecular complexity index is 671. The molecule has 0 fully saturated rings. The second-order valence-electron chi connectivity index (χ2n) is 7.44. The molecule has 0 amide bonds. The van der Waals surface area contributed by atoms with Crippen molar-refractivity contribution in [2.75, 3.05) is 0 Å². The zero-order chi connectivity index (χ0) is 17.9. The summed E-state index contributed by atoms with van der Waals surface area (Å²) in [6.07, 6.45) is 1.64. The van der Waals surface area contributed by atoms with Crippen LogP contribution in [0, 0.1) is 6.92 Å². The van der Waals surface area contributed by atoms with E-state index in [-0.39, 0.29) is 0 Å². The van der Waals surface area contributed by atoms with Gasteiger partial charge in [0.05, 0.1) is 5.60 Å². The SMILES string of the molecule is Cc1c(Cl)cccc1C(C)CCC(C)(O)c1ccc(C(C)C)cc1. The van der Waals surface area contributed by atoms with Crippen molar-refractivity contribution in [1.29, 1.82) is 0 Å². The molecule has 130 valence electrons. The minimum absolute atomic E-state index is 0.366. The predicted octanol–water partition coefficient (Wildman–Crippen LogP) is 6.56. The van der Waals surface area contributed by atoms with Gasteiger partial charge in [-0.25, -0.2) is 0 Å². The summed E-state index contributed by atoms with van der Waals surface area (Å²) in [5, 5.41) is 11.7. The summed E-state index contributed by atoms with van der Waals surface area (Å²) in [5.41, 5.74) is 3.90. The largest absolute Gasteiger partial charge is 0.385 e. The minimum Gasteiger partial charge on any atom is -0.385 e. The van der Waals surface area contributed by atoms with Gasteiger partial charge in [-0.05, 0) is 66.8 Å². The Labute approximate surface area is 151 Å². The number of benzene rings is 2. The third-order valence-electron chi connectivity index (χ3n) is 5.10. The van der Waals surface area contributed by atoms with E-state index in [9.17, 15) is 5.11 Å². The molecule has 0 aromatic heterocycles. The highest BCUT2D eigenvalue weighted by Gasteiger charge is 2.24. The van der Waals surface area contributed by atoms with Crippen LogP contribution in [0.5, 0.6) is 0 Å². The molecular formula is C22H29ClO. The van der Waals surface area contributed by atoms with Crippen LogP contribution in [0.4, 0.5) is 0 Å². The minimum atomic E-state index is -0.809. The third kappa shape index (κ3) is 4.40. The number of halogens is 1. The summed E-state index contributed by atoms with van der Waals surface area (Å²) in [4.78, 5) is 0. The number of rotatable bonds is 6. The van der Waals surface area contributed by atoms with Crippen LogP contribution in [-0.4, -0.2) is 5.11 Å². The van der Waals surface area contributed by atoms with Gasteiger partial charge in [0.1, 0.15) is 0 Å². The van der Waals surface area contributed by atoms with Gasteiger partial charge in [0.2, 0.25) is 0 Å². The van der Waals surface area contributed by atoms with E-state index in [1.807, 2.05) is 19.1 Å². The van der Waals surface area contributed by atoms with Crippen LogP contribution in [0.3, 0.4) is 0 Å². The second-order valence-corrected chi connectivity index (χ2v) is 7.85. The average Bonchev–Trinajstić information content (AvgIpc) is 2.55. The van der Waals surface area contributed by atoms with Crippen LogP contribution >= 0.6 is 11.6 Å². The van der Waals surface area contributed by atoms with Crippen molar-refractivity contribution in [3.05, 3.63) is 69.7 Å². The van der Waals surface area contributed by atoms with Crippen LogP contribution in [0.1, 0.15) is 74.6 Å². The molecule has 0 spiro atoms. The van der Waals surface area contributed by atoms with Crippen molar-refractivity contribution in [2.24, 2.45) is 0 Å². The van der Waals surface area contributed by atoms with Gasteiger partial charge in [-0.2, -0.15) is 0 Å². The number of hydrogen-bond donors (Lipinski definition) is 1. The Kier molecular flexibility index (Phi) is 6.11. The smallest absolute Gasteiger partial charge is 0.0868 e. The fourth-order valence-corrected chi connectivity index (χ4v) is 3.36. The molecule has 24 heavy (non-hydrogen) atoms. The van der Waals surface area contributed by atoms with E-state index < -0.39 is 5.60 Å². The highest BCUT2D eigenvalue weighted by molar-refractivity contribution is 6.31. The predicted molar refractivity (Wildman–Crippen MR) is 104 cm³/mol. The standard InChI is InChI=1S/C22H29ClO/c1-15(2)18-9-11-19(12-10-18)22(5,24)14-13-16(3)20-7-6-8-21(23)17(20)4/h6-12,15-16,24H,13-14H2,1-5H3. The lowest BCUT2D eigenvalue weighted by atomic mass is 9.84. The molecule has 2 rings (SSSR count). The highest BCUT2D eigenvalue weighted by Crippen LogP contribution is 2.33. The third-order valence-corrected chi connectivity index (χ3v) is 5.51. The molecule has 0 radical (unpaired) electrons. The Hall–Kier alpha value is -1.31. The molecule has 0 aliphatic carbocycles. The van der Waals surface area contributed by atoms with Gasteiger partial charge in [0.15, 0.2) is 0 Å². The molecule has 2 atom stereocenters. The van der Waals surface area contributed by atoms with Crippen molar-refractivity contribution in [1.82, 2.24) is 0 Å². The normalized spacial score (nSPS) is 15.3. The van der Waals surface area contributed by atoms with Crippen molar-refractivity contribution in [3.8, 4) is 0 Å². The van der Waals surface area contributed by atoms with Crippen LogP contribution in [0.25, 0.3) is 0 Å². The Balaban J connectivity index is 2.07. The molecule has 0 bridgehead atoms. The molecule has 0 saturated carbocycles. The molecule has 0 aliphatic heterocycles. The van der Waals surface area contributed by atoms with E-state index in [0.29, 0.717) is 11.8 Å². The van der Waals surface area contributed by atoms with Crippen molar-refractivity contribution in [3.63, 3.8) is 0 Å². The monoisotopic (exact) mass is 344 g/mol. The molecule has 2 heteroatoms. The summed E-state index contributed by atoms with van der Waals surface area (Å²) < 4.78 is 0. The highest BCUT2D eigenvalue weighted by atomic mass is 35.5. The molecule has 2 aromatic carbocycles. The maximum atomic E-state index is 10.9. The average molecular weight is 345 g/mol. The van der Waals surface area contributed by atoms with E-state index in [0.717, 1.165) is 29.0 Å². The van der Waals surface area contributed by atoms with E-state index in [1.54, 1.807) is 0 Å².